The van der Waals surface area contributed by atoms with E-state index < -0.39 is 10.9 Å². The van der Waals surface area contributed by atoms with Crippen molar-refractivity contribution in [3.63, 3.8) is 0 Å². The Labute approximate surface area is 110 Å². The van der Waals surface area contributed by atoms with E-state index in [1.165, 1.54) is 13.2 Å². The zero-order valence-electron chi connectivity index (χ0n) is 10.6. The van der Waals surface area contributed by atoms with Crippen molar-refractivity contribution in [3.05, 3.63) is 33.9 Å². The summed E-state index contributed by atoms with van der Waals surface area (Å²) in [4.78, 5) is 21.6. The average Bonchev–Trinajstić information content (AvgIpc) is 3.20. The maximum absolute atomic E-state index is 11.1. The summed E-state index contributed by atoms with van der Waals surface area (Å²) in [7, 11) is 1.28. The number of esters is 1. The van der Waals surface area contributed by atoms with Crippen LogP contribution in [0.3, 0.4) is 0 Å². The molecule has 0 atom stereocenters. The van der Waals surface area contributed by atoms with Gasteiger partial charge < -0.3 is 9.47 Å². The van der Waals surface area contributed by atoms with Gasteiger partial charge in [0.1, 0.15) is 0 Å². The molecule has 0 spiro atoms. The highest BCUT2D eigenvalue weighted by Crippen LogP contribution is 2.33. The fraction of sp³-hybridized carbons (Fsp3) is 0.462. The summed E-state index contributed by atoms with van der Waals surface area (Å²) in [6, 6.07) is 4.55. The third-order valence-corrected chi connectivity index (χ3v) is 2.97. The van der Waals surface area contributed by atoms with E-state index in [1.807, 2.05) is 0 Å². The second kappa shape index (κ2) is 5.69. The molecule has 0 aliphatic heterocycles. The standard InChI is InChI=1S/C13H15NO5/c1-18-13(15)7-10-4-5-12(11(6-10)14(16)17)19-8-9-2-3-9/h4-6,9H,2-3,7-8H2,1H3. The number of methoxy groups -OCH3 is 1. The summed E-state index contributed by atoms with van der Waals surface area (Å²) >= 11 is 0. The van der Waals surface area contributed by atoms with Crippen molar-refractivity contribution in [2.45, 2.75) is 19.3 Å². The van der Waals surface area contributed by atoms with Crippen LogP contribution < -0.4 is 4.74 Å². The SMILES string of the molecule is COC(=O)Cc1ccc(OCC2CC2)c([N+](=O)[O-])c1. The van der Waals surface area contributed by atoms with E-state index in [2.05, 4.69) is 4.74 Å². The smallest absolute Gasteiger partial charge is 0.311 e. The highest BCUT2D eigenvalue weighted by atomic mass is 16.6. The number of nitro groups is 1. The van der Waals surface area contributed by atoms with Gasteiger partial charge in [-0.05, 0) is 30.4 Å². The number of hydrogen-bond acceptors (Lipinski definition) is 5. The largest absolute Gasteiger partial charge is 0.487 e. The number of rotatable bonds is 6. The molecule has 19 heavy (non-hydrogen) atoms. The molecule has 1 aliphatic rings. The van der Waals surface area contributed by atoms with E-state index in [-0.39, 0.29) is 17.9 Å². The van der Waals surface area contributed by atoms with E-state index in [0.717, 1.165) is 12.8 Å². The van der Waals surface area contributed by atoms with Crippen LogP contribution in [-0.2, 0) is 16.0 Å². The summed E-state index contributed by atoms with van der Waals surface area (Å²) in [6.07, 6.45) is 2.25. The number of nitro benzene ring substituents is 1. The number of benzene rings is 1. The molecule has 0 saturated heterocycles. The second-order valence-electron chi connectivity index (χ2n) is 4.57. The molecule has 0 heterocycles. The molecule has 0 bridgehead atoms. The van der Waals surface area contributed by atoms with Crippen molar-refractivity contribution in [2.24, 2.45) is 5.92 Å². The molecule has 1 aliphatic carbocycles. The van der Waals surface area contributed by atoms with Crippen molar-refractivity contribution in [2.75, 3.05) is 13.7 Å². The van der Waals surface area contributed by atoms with Crippen molar-refractivity contribution < 1.29 is 19.2 Å². The van der Waals surface area contributed by atoms with Crippen LogP contribution in [0, 0.1) is 16.0 Å². The zero-order chi connectivity index (χ0) is 13.8. The third kappa shape index (κ3) is 3.67. The van der Waals surface area contributed by atoms with E-state index in [4.69, 9.17) is 4.74 Å². The summed E-state index contributed by atoms with van der Waals surface area (Å²) < 4.78 is 9.98. The highest BCUT2D eigenvalue weighted by Gasteiger charge is 2.24. The van der Waals surface area contributed by atoms with Gasteiger partial charge in [-0.1, -0.05) is 6.07 Å². The van der Waals surface area contributed by atoms with Crippen molar-refractivity contribution in [1.29, 1.82) is 0 Å². The van der Waals surface area contributed by atoms with Gasteiger partial charge in [0.25, 0.3) is 0 Å². The first-order chi connectivity index (χ1) is 9.10. The number of nitrogens with zero attached hydrogens (tertiary/aromatic N) is 1. The lowest BCUT2D eigenvalue weighted by Gasteiger charge is -2.07. The van der Waals surface area contributed by atoms with Crippen molar-refractivity contribution in [1.82, 2.24) is 0 Å². The lowest BCUT2D eigenvalue weighted by molar-refractivity contribution is -0.385. The van der Waals surface area contributed by atoms with Gasteiger partial charge in [-0.15, -0.1) is 0 Å². The number of hydrogen-bond donors (Lipinski definition) is 0. The molecule has 1 aromatic rings. The van der Waals surface area contributed by atoms with Crippen LogP contribution in [0.25, 0.3) is 0 Å². The molecule has 6 nitrogen and oxygen atoms in total. The number of ether oxygens (including phenoxy) is 2. The normalized spacial score (nSPS) is 13.9. The summed E-state index contributed by atoms with van der Waals surface area (Å²) in [5, 5.41) is 11.0. The predicted molar refractivity (Wildman–Crippen MR) is 67.0 cm³/mol. The maximum Gasteiger partial charge on any atom is 0.311 e. The Kier molecular flexibility index (Phi) is 3.99. The molecule has 0 aromatic heterocycles. The van der Waals surface area contributed by atoms with Crippen molar-refractivity contribution >= 4 is 11.7 Å². The number of carbonyl (C=O) groups excluding carboxylic acids is 1. The van der Waals surface area contributed by atoms with Crippen LogP contribution in [-0.4, -0.2) is 24.6 Å². The second-order valence-corrected chi connectivity index (χ2v) is 4.57. The van der Waals surface area contributed by atoms with Gasteiger partial charge in [0.15, 0.2) is 5.75 Å². The van der Waals surface area contributed by atoms with Gasteiger partial charge in [0.05, 0.1) is 25.1 Å². The van der Waals surface area contributed by atoms with Crippen LogP contribution in [0.1, 0.15) is 18.4 Å². The van der Waals surface area contributed by atoms with Gasteiger partial charge in [0.2, 0.25) is 0 Å². The van der Waals surface area contributed by atoms with Crippen LogP contribution >= 0.6 is 0 Å². The van der Waals surface area contributed by atoms with Crippen LogP contribution in [0.15, 0.2) is 18.2 Å². The maximum atomic E-state index is 11.1. The molecular formula is C13H15NO5. The van der Waals surface area contributed by atoms with Gasteiger partial charge in [-0.3, -0.25) is 14.9 Å². The zero-order valence-corrected chi connectivity index (χ0v) is 10.6. The predicted octanol–water partition coefficient (Wildman–Crippen LogP) is 2.10. The Morgan fingerprint density at radius 3 is 2.79 bits per heavy atom. The van der Waals surface area contributed by atoms with Crippen LogP contribution in [0.2, 0.25) is 0 Å². The molecule has 6 heteroatoms. The first-order valence-electron chi connectivity index (χ1n) is 6.07. The van der Waals surface area contributed by atoms with E-state index in [1.54, 1.807) is 12.1 Å². The van der Waals surface area contributed by atoms with E-state index >= 15 is 0 Å². The Morgan fingerprint density at radius 2 is 2.21 bits per heavy atom. The van der Waals surface area contributed by atoms with Gasteiger partial charge in [-0.2, -0.15) is 0 Å². The highest BCUT2D eigenvalue weighted by molar-refractivity contribution is 5.73. The van der Waals surface area contributed by atoms with E-state index in [0.29, 0.717) is 18.1 Å². The minimum Gasteiger partial charge on any atom is -0.487 e. The monoisotopic (exact) mass is 265 g/mol. The molecule has 0 amide bonds. The molecule has 0 N–H and O–H groups in total. The van der Waals surface area contributed by atoms with E-state index in [9.17, 15) is 14.9 Å². The molecule has 0 radical (unpaired) electrons. The first-order valence-corrected chi connectivity index (χ1v) is 6.07. The lowest BCUT2D eigenvalue weighted by atomic mass is 10.1. The van der Waals surface area contributed by atoms with Gasteiger partial charge in [0, 0.05) is 6.07 Å². The summed E-state index contributed by atoms with van der Waals surface area (Å²) in [5.74, 6) is 0.348. The number of carbonyl (C=O) groups is 1. The third-order valence-electron chi connectivity index (χ3n) is 2.97. The van der Waals surface area contributed by atoms with Crippen molar-refractivity contribution in [3.8, 4) is 5.75 Å². The van der Waals surface area contributed by atoms with Gasteiger partial charge in [-0.25, -0.2) is 0 Å². The minimum absolute atomic E-state index is 0.0141. The molecule has 1 fully saturated rings. The summed E-state index contributed by atoms with van der Waals surface area (Å²) in [6.45, 7) is 0.511. The molecular weight excluding hydrogens is 250 g/mol. The average molecular weight is 265 g/mol. The quantitative estimate of drug-likeness (QED) is 0.447. The first kappa shape index (κ1) is 13.3. The van der Waals surface area contributed by atoms with Crippen LogP contribution in [0.5, 0.6) is 5.75 Å². The molecule has 1 aromatic carbocycles. The minimum atomic E-state index is -0.497. The Hall–Kier alpha value is -2.11. The fourth-order valence-corrected chi connectivity index (χ4v) is 1.67. The summed E-state index contributed by atoms with van der Waals surface area (Å²) in [5.41, 5.74) is 0.430. The molecule has 2 rings (SSSR count). The fourth-order valence-electron chi connectivity index (χ4n) is 1.67. The Morgan fingerprint density at radius 1 is 1.47 bits per heavy atom. The lowest BCUT2D eigenvalue weighted by Crippen LogP contribution is -2.06. The Balaban J connectivity index is 2.13. The topological polar surface area (TPSA) is 78.7 Å². The van der Waals surface area contributed by atoms with Gasteiger partial charge >= 0.3 is 11.7 Å². The molecule has 1 saturated carbocycles. The van der Waals surface area contributed by atoms with Crippen LogP contribution in [0.4, 0.5) is 5.69 Å². The Bertz CT molecular complexity index is 496. The molecule has 102 valence electrons. The molecule has 0 unspecified atom stereocenters.